The van der Waals surface area contributed by atoms with Gasteiger partial charge < -0.3 is 10.2 Å². The summed E-state index contributed by atoms with van der Waals surface area (Å²) in [6.07, 6.45) is 4.12. The third kappa shape index (κ3) is 4.41. The molecule has 6 heteroatoms. The molecule has 1 aromatic carbocycles. The lowest BCUT2D eigenvalue weighted by Crippen LogP contribution is -2.29. The molecule has 5 nitrogen and oxygen atoms in total. The number of benzene rings is 1. The lowest BCUT2D eigenvalue weighted by atomic mass is 10.1. The Hall–Kier alpha value is -2.76. The lowest BCUT2D eigenvalue weighted by Gasteiger charge is -2.15. The van der Waals surface area contributed by atoms with Gasteiger partial charge in [0.05, 0.1) is 0 Å². The molecular weight excluding hydrogens is 321 g/mol. The maximum Gasteiger partial charge on any atom is 0.269 e. The van der Waals surface area contributed by atoms with E-state index in [0.717, 1.165) is 31.5 Å². The van der Waals surface area contributed by atoms with Crippen LogP contribution in [0.2, 0.25) is 0 Å². The molecule has 0 bridgehead atoms. The van der Waals surface area contributed by atoms with Gasteiger partial charge in [-0.2, -0.15) is 0 Å². The summed E-state index contributed by atoms with van der Waals surface area (Å²) in [6, 6.07) is 9.34. The van der Waals surface area contributed by atoms with Gasteiger partial charge in [-0.05, 0) is 49.1 Å². The maximum absolute atomic E-state index is 12.9. The van der Waals surface area contributed by atoms with Crippen molar-refractivity contribution in [1.29, 1.82) is 0 Å². The molecule has 0 saturated carbocycles. The van der Waals surface area contributed by atoms with Crippen molar-refractivity contribution in [3.8, 4) is 0 Å². The highest BCUT2D eigenvalue weighted by Crippen LogP contribution is 2.13. The van der Waals surface area contributed by atoms with Crippen molar-refractivity contribution in [3.63, 3.8) is 0 Å². The Kier molecular flexibility index (Phi) is 5.38. The minimum Gasteiger partial charge on any atom is -0.350 e. The van der Waals surface area contributed by atoms with E-state index in [1.54, 1.807) is 23.1 Å². The number of rotatable bonds is 5. The Morgan fingerprint density at radius 1 is 1.12 bits per heavy atom. The van der Waals surface area contributed by atoms with Crippen LogP contribution in [0.25, 0.3) is 0 Å². The normalized spacial score (nSPS) is 13.7. The topological polar surface area (TPSA) is 62.3 Å². The first kappa shape index (κ1) is 17.1. The SMILES string of the molecule is O=C(NCCc1ccc(F)cc1)c1cc(C(=O)N2CCCC2)ccn1. The van der Waals surface area contributed by atoms with Crippen molar-refractivity contribution in [2.45, 2.75) is 19.3 Å². The van der Waals surface area contributed by atoms with Gasteiger partial charge in [-0.1, -0.05) is 12.1 Å². The van der Waals surface area contributed by atoms with Crippen molar-refractivity contribution in [2.24, 2.45) is 0 Å². The molecule has 0 unspecified atom stereocenters. The van der Waals surface area contributed by atoms with Crippen molar-refractivity contribution in [2.75, 3.05) is 19.6 Å². The number of hydrogen-bond donors (Lipinski definition) is 1. The third-order valence-corrected chi connectivity index (χ3v) is 4.25. The Morgan fingerprint density at radius 2 is 1.84 bits per heavy atom. The zero-order chi connectivity index (χ0) is 17.6. The molecule has 2 heterocycles. The Morgan fingerprint density at radius 3 is 2.56 bits per heavy atom. The van der Waals surface area contributed by atoms with E-state index < -0.39 is 0 Å². The lowest BCUT2D eigenvalue weighted by molar-refractivity contribution is 0.0792. The second-order valence-electron chi connectivity index (χ2n) is 6.06. The summed E-state index contributed by atoms with van der Waals surface area (Å²) in [4.78, 5) is 30.5. The molecule has 1 fully saturated rings. The summed E-state index contributed by atoms with van der Waals surface area (Å²) in [5.41, 5.74) is 1.65. The molecule has 25 heavy (non-hydrogen) atoms. The third-order valence-electron chi connectivity index (χ3n) is 4.25. The van der Waals surface area contributed by atoms with Gasteiger partial charge in [0.1, 0.15) is 11.5 Å². The van der Waals surface area contributed by atoms with Gasteiger partial charge >= 0.3 is 0 Å². The number of hydrogen-bond acceptors (Lipinski definition) is 3. The number of halogens is 1. The Bertz CT molecular complexity index is 756. The van der Waals surface area contributed by atoms with Gasteiger partial charge in [0.15, 0.2) is 0 Å². The van der Waals surface area contributed by atoms with E-state index in [1.807, 2.05) is 0 Å². The molecule has 0 radical (unpaired) electrons. The fraction of sp³-hybridized carbons (Fsp3) is 0.316. The molecule has 0 spiro atoms. The van der Waals surface area contributed by atoms with E-state index in [0.29, 0.717) is 18.5 Å². The number of carbonyl (C=O) groups excluding carboxylic acids is 2. The van der Waals surface area contributed by atoms with Crippen LogP contribution < -0.4 is 5.32 Å². The van der Waals surface area contributed by atoms with Crippen molar-refractivity contribution >= 4 is 11.8 Å². The largest absolute Gasteiger partial charge is 0.350 e. The first-order valence-electron chi connectivity index (χ1n) is 8.41. The number of nitrogens with one attached hydrogen (secondary N) is 1. The fourth-order valence-electron chi connectivity index (χ4n) is 2.85. The van der Waals surface area contributed by atoms with Crippen LogP contribution in [0.1, 0.15) is 39.3 Å². The summed E-state index contributed by atoms with van der Waals surface area (Å²) < 4.78 is 12.9. The van der Waals surface area contributed by atoms with Gasteiger partial charge in [-0.15, -0.1) is 0 Å². The van der Waals surface area contributed by atoms with E-state index in [1.165, 1.54) is 24.4 Å². The molecule has 1 aliphatic rings. The van der Waals surface area contributed by atoms with E-state index in [-0.39, 0.29) is 23.3 Å². The molecule has 1 aliphatic heterocycles. The van der Waals surface area contributed by atoms with E-state index >= 15 is 0 Å². The van der Waals surface area contributed by atoms with Crippen molar-refractivity contribution < 1.29 is 14.0 Å². The molecule has 1 aromatic heterocycles. The number of nitrogens with zero attached hydrogens (tertiary/aromatic N) is 2. The second kappa shape index (κ2) is 7.88. The van der Waals surface area contributed by atoms with Gasteiger partial charge in [-0.3, -0.25) is 14.6 Å². The van der Waals surface area contributed by atoms with Crippen LogP contribution in [-0.2, 0) is 6.42 Å². The Balaban J connectivity index is 1.57. The molecule has 0 aliphatic carbocycles. The predicted molar refractivity (Wildman–Crippen MR) is 91.8 cm³/mol. The average molecular weight is 341 g/mol. The van der Waals surface area contributed by atoms with Crippen LogP contribution in [0.3, 0.4) is 0 Å². The molecule has 2 amide bonds. The number of pyridine rings is 1. The van der Waals surface area contributed by atoms with Crippen LogP contribution in [0, 0.1) is 5.82 Å². The van der Waals surface area contributed by atoms with E-state index in [4.69, 9.17) is 0 Å². The van der Waals surface area contributed by atoms with Crippen molar-refractivity contribution in [3.05, 3.63) is 65.2 Å². The predicted octanol–water partition coefficient (Wildman–Crippen LogP) is 2.43. The number of aromatic nitrogens is 1. The van der Waals surface area contributed by atoms with Gasteiger partial charge in [0.2, 0.25) is 0 Å². The first-order valence-corrected chi connectivity index (χ1v) is 8.41. The highest BCUT2D eigenvalue weighted by Gasteiger charge is 2.20. The quantitative estimate of drug-likeness (QED) is 0.908. The summed E-state index contributed by atoms with van der Waals surface area (Å²) >= 11 is 0. The highest BCUT2D eigenvalue weighted by molar-refractivity contribution is 5.98. The number of amides is 2. The zero-order valence-corrected chi connectivity index (χ0v) is 13.9. The fourth-order valence-corrected chi connectivity index (χ4v) is 2.85. The minimum atomic E-state index is -0.321. The van der Waals surface area contributed by atoms with E-state index in [2.05, 4.69) is 10.3 Å². The van der Waals surface area contributed by atoms with Gasteiger partial charge in [0.25, 0.3) is 11.8 Å². The maximum atomic E-state index is 12.9. The van der Waals surface area contributed by atoms with Crippen LogP contribution in [0.5, 0.6) is 0 Å². The molecule has 1 saturated heterocycles. The zero-order valence-electron chi connectivity index (χ0n) is 13.9. The van der Waals surface area contributed by atoms with Crippen LogP contribution in [-0.4, -0.2) is 41.3 Å². The van der Waals surface area contributed by atoms with Crippen LogP contribution >= 0.6 is 0 Å². The second-order valence-corrected chi connectivity index (χ2v) is 6.06. The first-order chi connectivity index (χ1) is 12.1. The Labute approximate surface area is 145 Å². The average Bonchev–Trinajstić information content (AvgIpc) is 3.17. The molecule has 0 atom stereocenters. The number of carbonyl (C=O) groups is 2. The standard InChI is InChI=1S/C19H20FN3O2/c20-16-5-3-14(4-6-16)7-9-22-18(24)17-13-15(8-10-21-17)19(25)23-11-1-2-12-23/h3-6,8,10,13H,1-2,7,9,11-12H2,(H,22,24). The van der Waals surface area contributed by atoms with Crippen LogP contribution in [0.15, 0.2) is 42.6 Å². The van der Waals surface area contributed by atoms with E-state index in [9.17, 15) is 14.0 Å². The monoisotopic (exact) mass is 341 g/mol. The highest BCUT2D eigenvalue weighted by atomic mass is 19.1. The molecule has 2 aromatic rings. The van der Waals surface area contributed by atoms with Gasteiger partial charge in [-0.25, -0.2) is 4.39 Å². The van der Waals surface area contributed by atoms with Crippen molar-refractivity contribution in [1.82, 2.24) is 15.2 Å². The summed E-state index contributed by atoms with van der Waals surface area (Å²) in [6.45, 7) is 1.94. The summed E-state index contributed by atoms with van der Waals surface area (Å²) in [7, 11) is 0. The smallest absolute Gasteiger partial charge is 0.269 e. The summed E-state index contributed by atoms with van der Waals surface area (Å²) in [5, 5.41) is 2.78. The number of likely N-dealkylation sites (tertiary alicyclic amines) is 1. The molecular formula is C19H20FN3O2. The van der Waals surface area contributed by atoms with Crippen LogP contribution in [0.4, 0.5) is 4.39 Å². The summed E-state index contributed by atoms with van der Waals surface area (Å²) in [5.74, 6) is -0.657. The van der Waals surface area contributed by atoms with Gasteiger partial charge in [0, 0.05) is 31.4 Å². The molecule has 3 rings (SSSR count). The molecule has 1 N–H and O–H groups in total. The molecule has 130 valence electrons. The minimum absolute atomic E-state index is 0.0553.